The largest absolute Gasteiger partial charge is 0.289 e. The smallest absolute Gasteiger partial charge is 0.194 e. The van der Waals surface area contributed by atoms with Crippen molar-refractivity contribution in [2.75, 3.05) is 0 Å². The van der Waals surface area contributed by atoms with Crippen molar-refractivity contribution < 1.29 is 13.6 Å². The molecule has 5 heteroatoms. The van der Waals surface area contributed by atoms with E-state index in [1.807, 2.05) is 28.7 Å². The van der Waals surface area contributed by atoms with Gasteiger partial charge in [-0.1, -0.05) is 15.9 Å². The zero-order valence-electron chi connectivity index (χ0n) is 8.88. The predicted molar refractivity (Wildman–Crippen MR) is 76.6 cm³/mol. The Labute approximate surface area is 124 Å². The molecular weight excluding hydrogens is 417 g/mol. The summed E-state index contributed by atoms with van der Waals surface area (Å²) in [6, 6.07) is 8.38. The van der Waals surface area contributed by atoms with E-state index in [1.165, 1.54) is 6.07 Å². The Balaban J connectivity index is 2.47. The van der Waals surface area contributed by atoms with E-state index in [0.717, 1.165) is 20.2 Å². The molecule has 0 saturated carbocycles. The third-order valence-corrected chi connectivity index (χ3v) is 3.79. The fraction of sp³-hybridized carbons (Fsp3) is 0. The lowest BCUT2D eigenvalue weighted by Gasteiger charge is -2.05. The van der Waals surface area contributed by atoms with E-state index in [1.54, 1.807) is 12.1 Å². The lowest BCUT2D eigenvalue weighted by molar-refractivity contribution is 0.103. The highest BCUT2D eigenvalue weighted by molar-refractivity contribution is 14.1. The second-order valence-corrected chi connectivity index (χ2v) is 5.66. The Morgan fingerprint density at radius 2 is 1.78 bits per heavy atom. The molecule has 0 unspecified atom stereocenters. The van der Waals surface area contributed by atoms with Gasteiger partial charge in [-0.3, -0.25) is 4.79 Å². The van der Waals surface area contributed by atoms with Crippen LogP contribution in [-0.2, 0) is 0 Å². The normalized spacial score (nSPS) is 10.4. The van der Waals surface area contributed by atoms with Crippen LogP contribution in [0.3, 0.4) is 0 Å². The summed E-state index contributed by atoms with van der Waals surface area (Å²) in [5.74, 6) is -2.32. The van der Waals surface area contributed by atoms with Gasteiger partial charge in [-0.25, -0.2) is 8.78 Å². The topological polar surface area (TPSA) is 17.1 Å². The highest BCUT2D eigenvalue weighted by atomic mass is 127. The number of ketones is 1. The van der Waals surface area contributed by atoms with E-state index in [4.69, 9.17) is 0 Å². The Bertz CT molecular complexity index is 628. The van der Waals surface area contributed by atoms with E-state index in [2.05, 4.69) is 15.9 Å². The number of hydrogen-bond donors (Lipinski definition) is 0. The van der Waals surface area contributed by atoms with Gasteiger partial charge in [-0.05, 0) is 59.0 Å². The molecule has 0 saturated heterocycles. The lowest BCUT2D eigenvalue weighted by atomic mass is 10.0. The molecule has 0 amide bonds. The molecule has 0 aliphatic heterocycles. The van der Waals surface area contributed by atoms with E-state index in [9.17, 15) is 13.6 Å². The number of halogens is 4. The summed E-state index contributed by atoms with van der Waals surface area (Å²) in [6.45, 7) is 0. The van der Waals surface area contributed by atoms with Crippen molar-refractivity contribution in [2.24, 2.45) is 0 Å². The van der Waals surface area contributed by atoms with Gasteiger partial charge in [0.2, 0.25) is 0 Å². The highest BCUT2D eigenvalue weighted by Crippen LogP contribution is 2.22. The summed E-state index contributed by atoms with van der Waals surface area (Å²) in [5, 5.41) is 0. The van der Waals surface area contributed by atoms with Gasteiger partial charge in [-0.2, -0.15) is 0 Å². The monoisotopic (exact) mass is 422 g/mol. The van der Waals surface area contributed by atoms with Gasteiger partial charge in [-0.15, -0.1) is 0 Å². The van der Waals surface area contributed by atoms with Gasteiger partial charge < -0.3 is 0 Å². The van der Waals surface area contributed by atoms with Gasteiger partial charge >= 0.3 is 0 Å². The molecule has 1 nitrogen and oxygen atoms in total. The molecule has 0 N–H and O–H groups in total. The summed E-state index contributed by atoms with van der Waals surface area (Å²) in [5.41, 5.74) is 0.584. The minimum Gasteiger partial charge on any atom is -0.289 e. The van der Waals surface area contributed by atoms with Crippen molar-refractivity contribution in [2.45, 2.75) is 0 Å². The Hall–Kier alpha value is -0.820. The average Bonchev–Trinajstić information content (AvgIpc) is 2.35. The van der Waals surface area contributed by atoms with E-state index >= 15 is 0 Å². The first kappa shape index (κ1) is 13.6. The molecule has 92 valence electrons. The zero-order valence-corrected chi connectivity index (χ0v) is 12.6. The number of hydrogen-bond acceptors (Lipinski definition) is 1. The van der Waals surface area contributed by atoms with Gasteiger partial charge in [0.15, 0.2) is 17.4 Å². The average molecular weight is 423 g/mol. The number of carbonyl (C=O) groups is 1. The Morgan fingerprint density at radius 1 is 1.06 bits per heavy atom. The van der Waals surface area contributed by atoms with Crippen molar-refractivity contribution >= 4 is 44.3 Å². The highest BCUT2D eigenvalue weighted by Gasteiger charge is 2.15. The first-order chi connectivity index (χ1) is 8.49. The maximum absolute atomic E-state index is 13.1. The molecule has 2 rings (SSSR count). The summed E-state index contributed by atoms with van der Waals surface area (Å²) in [7, 11) is 0. The molecule has 0 heterocycles. The van der Waals surface area contributed by atoms with Crippen LogP contribution in [0.1, 0.15) is 15.9 Å². The summed E-state index contributed by atoms with van der Waals surface area (Å²) >= 11 is 5.30. The first-order valence-corrected chi connectivity index (χ1v) is 6.81. The summed E-state index contributed by atoms with van der Waals surface area (Å²) in [6.07, 6.45) is 0. The van der Waals surface area contributed by atoms with Crippen LogP contribution in [-0.4, -0.2) is 5.78 Å². The molecule has 0 fully saturated rings. The molecule has 2 aromatic carbocycles. The van der Waals surface area contributed by atoms with Crippen LogP contribution in [0.5, 0.6) is 0 Å². The second kappa shape index (κ2) is 5.44. The van der Waals surface area contributed by atoms with E-state index < -0.39 is 11.6 Å². The minimum atomic E-state index is -1.02. The van der Waals surface area contributed by atoms with Crippen LogP contribution in [0, 0.1) is 15.2 Å². The maximum atomic E-state index is 13.1. The van der Waals surface area contributed by atoms with E-state index in [-0.39, 0.29) is 11.3 Å². The molecule has 0 aromatic heterocycles. The number of carbonyl (C=O) groups excluding carboxylic acids is 1. The third-order valence-electron chi connectivity index (χ3n) is 2.35. The Kier molecular flexibility index (Phi) is 4.11. The molecule has 0 spiro atoms. The number of rotatable bonds is 2. The van der Waals surface area contributed by atoms with Crippen LogP contribution in [0.4, 0.5) is 8.78 Å². The van der Waals surface area contributed by atoms with Crippen molar-refractivity contribution in [1.29, 1.82) is 0 Å². The van der Waals surface area contributed by atoms with Crippen molar-refractivity contribution in [3.63, 3.8) is 0 Å². The Morgan fingerprint density at radius 3 is 2.44 bits per heavy atom. The molecule has 0 bridgehead atoms. The maximum Gasteiger partial charge on any atom is 0.194 e. The minimum absolute atomic E-state index is 0.130. The SMILES string of the molecule is O=C(c1ccc(F)c(F)c1)c1cc(Br)ccc1I. The summed E-state index contributed by atoms with van der Waals surface area (Å²) in [4.78, 5) is 12.2. The van der Waals surface area contributed by atoms with Crippen molar-refractivity contribution in [3.8, 4) is 0 Å². The van der Waals surface area contributed by atoms with Crippen LogP contribution in [0.25, 0.3) is 0 Å². The molecule has 0 aliphatic carbocycles. The molecular formula is C13H6BrF2IO. The van der Waals surface area contributed by atoms with Crippen molar-refractivity contribution in [1.82, 2.24) is 0 Å². The van der Waals surface area contributed by atoms with Gasteiger partial charge in [0.05, 0.1) is 0 Å². The standard InChI is InChI=1S/C13H6BrF2IO/c14-8-2-4-12(17)9(6-8)13(18)7-1-3-10(15)11(16)5-7/h1-6H. The third kappa shape index (κ3) is 2.77. The fourth-order valence-electron chi connectivity index (χ4n) is 1.46. The van der Waals surface area contributed by atoms with Gasteiger partial charge in [0.25, 0.3) is 0 Å². The van der Waals surface area contributed by atoms with Gasteiger partial charge in [0.1, 0.15) is 0 Å². The first-order valence-electron chi connectivity index (χ1n) is 4.94. The predicted octanol–water partition coefficient (Wildman–Crippen LogP) is 4.56. The molecule has 18 heavy (non-hydrogen) atoms. The quantitative estimate of drug-likeness (QED) is 0.512. The van der Waals surface area contributed by atoms with Gasteiger partial charge in [0, 0.05) is 19.2 Å². The molecule has 2 aromatic rings. The van der Waals surface area contributed by atoms with Crippen LogP contribution in [0.2, 0.25) is 0 Å². The summed E-state index contributed by atoms with van der Waals surface area (Å²) < 4.78 is 27.4. The van der Waals surface area contributed by atoms with Crippen LogP contribution >= 0.6 is 38.5 Å². The fourth-order valence-corrected chi connectivity index (χ4v) is 2.41. The second-order valence-electron chi connectivity index (χ2n) is 3.58. The van der Waals surface area contributed by atoms with Crippen LogP contribution in [0.15, 0.2) is 40.9 Å². The van der Waals surface area contributed by atoms with Crippen LogP contribution < -0.4 is 0 Å². The molecule has 0 aliphatic rings. The molecule has 0 atom stereocenters. The van der Waals surface area contributed by atoms with Crippen molar-refractivity contribution in [3.05, 3.63) is 67.2 Å². The van der Waals surface area contributed by atoms with E-state index in [0.29, 0.717) is 5.56 Å². The molecule has 0 radical (unpaired) electrons. The lowest BCUT2D eigenvalue weighted by Crippen LogP contribution is -2.04. The number of benzene rings is 2. The zero-order chi connectivity index (χ0) is 13.3.